The molecule has 1 fully saturated rings. The molecule has 0 aromatic carbocycles. The van der Waals surface area contributed by atoms with Gasteiger partial charge in [0, 0.05) is 23.8 Å². The minimum absolute atomic E-state index is 0.0983. The second-order valence-corrected chi connectivity index (χ2v) is 5.62. The van der Waals surface area contributed by atoms with Gasteiger partial charge in [-0.05, 0) is 38.3 Å². The van der Waals surface area contributed by atoms with Crippen molar-refractivity contribution in [2.24, 2.45) is 0 Å². The highest BCUT2D eigenvalue weighted by atomic mass is 35.5. The van der Waals surface area contributed by atoms with Crippen molar-refractivity contribution in [3.05, 3.63) is 28.5 Å². The fourth-order valence-electron chi connectivity index (χ4n) is 2.79. The van der Waals surface area contributed by atoms with Gasteiger partial charge in [0.1, 0.15) is 5.15 Å². The summed E-state index contributed by atoms with van der Waals surface area (Å²) in [5, 5.41) is 0.395. The van der Waals surface area contributed by atoms with Gasteiger partial charge in [0.05, 0.1) is 0 Å². The molecule has 1 saturated heterocycles. The van der Waals surface area contributed by atoms with Gasteiger partial charge in [-0.25, -0.2) is 4.98 Å². The lowest BCUT2D eigenvalue weighted by Crippen LogP contribution is -2.39. The van der Waals surface area contributed by atoms with Crippen LogP contribution in [0.25, 0.3) is 0 Å². The molecule has 104 valence electrons. The molecule has 1 amide bonds. The molecule has 1 aromatic heterocycles. The van der Waals surface area contributed by atoms with Gasteiger partial charge in [-0.3, -0.25) is 4.79 Å². The minimum atomic E-state index is 0.0983. The maximum Gasteiger partial charge on any atom is 0.254 e. The summed E-state index contributed by atoms with van der Waals surface area (Å²) in [5.41, 5.74) is 1.46. The van der Waals surface area contributed by atoms with Crippen molar-refractivity contribution in [3.63, 3.8) is 0 Å². The highest BCUT2D eigenvalue weighted by Crippen LogP contribution is 2.22. The highest BCUT2D eigenvalue weighted by molar-refractivity contribution is 6.29. The number of carbonyl (C=O) groups is 1. The summed E-state index contributed by atoms with van der Waals surface area (Å²) in [5.74, 6) is 0.0983. The van der Waals surface area contributed by atoms with E-state index in [9.17, 15) is 4.79 Å². The molecule has 19 heavy (non-hydrogen) atoms. The summed E-state index contributed by atoms with van der Waals surface area (Å²) in [4.78, 5) is 18.8. The zero-order valence-electron chi connectivity index (χ0n) is 11.7. The van der Waals surface area contributed by atoms with Gasteiger partial charge >= 0.3 is 0 Å². The van der Waals surface area contributed by atoms with Gasteiger partial charge in [0.15, 0.2) is 0 Å². The van der Waals surface area contributed by atoms with Crippen LogP contribution >= 0.6 is 11.6 Å². The molecule has 2 heterocycles. The first-order valence-corrected chi connectivity index (χ1v) is 7.44. The number of nitrogens with zero attached hydrogens (tertiary/aromatic N) is 2. The molecular weight excluding hydrogens is 260 g/mol. The van der Waals surface area contributed by atoms with Crippen molar-refractivity contribution in [1.82, 2.24) is 9.88 Å². The number of hydrogen-bond donors (Lipinski definition) is 0. The predicted molar refractivity (Wildman–Crippen MR) is 77.6 cm³/mol. The van der Waals surface area contributed by atoms with Crippen LogP contribution in [0.5, 0.6) is 0 Å². The van der Waals surface area contributed by atoms with Crippen LogP contribution in [0.3, 0.4) is 0 Å². The van der Waals surface area contributed by atoms with Gasteiger partial charge in [0.25, 0.3) is 5.91 Å². The Bertz CT molecular complexity index is 441. The van der Waals surface area contributed by atoms with E-state index in [0.717, 1.165) is 31.5 Å². The molecule has 1 aliphatic rings. The maximum atomic E-state index is 12.7. The van der Waals surface area contributed by atoms with Crippen LogP contribution in [0.1, 0.15) is 55.1 Å². The van der Waals surface area contributed by atoms with Crippen molar-refractivity contribution in [1.29, 1.82) is 0 Å². The van der Waals surface area contributed by atoms with Crippen LogP contribution in [-0.4, -0.2) is 28.4 Å². The predicted octanol–water partition coefficient (Wildman–Crippen LogP) is 3.84. The largest absolute Gasteiger partial charge is 0.336 e. The van der Waals surface area contributed by atoms with E-state index in [-0.39, 0.29) is 5.91 Å². The molecule has 0 saturated carbocycles. The van der Waals surface area contributed by atoms with E-state index in [1.165, 1.54) is 12.8 Å². The van der Waals surface area contributed by atoms with Crippen LogP contribution in [0, 0.1) is 6.92 Å². The monoisotopic (exact) mass is 280 g/mol. The zero-order valence-corrected chi connectivity index (χ0v) is 12.4. The SMILES string of the molecule is CCC1CCCCCN1C(=O)c1cc(C)nc(Cl)c1. The Balaban J connectivity index is 2.25. The Morgan fingerprint density at radius 1 is 1.42 bits per heavy atom. The molecule has 0 bridgehead atoms. The van der Waals surface area contributed by atoms with E-state index in [1.807, 2.05) is 17.9 Å². The average Bonchev–Trinajstić information content (AvgIpc) is 2.61. The fraction of sp³-hybridized carbons (Fsp3) is 0.600. The average molecular weight is 281 g/mol. The summed E-state index contributed by atoms with van der Waals surface area (Å²) in [6, 6.07) is 3.86. The van der Waals surface area contributed by atoms with Crippen molar-refractivity contribution in [2.75, 3.05) is 6.54 Å². The normalized spacial score (nSPS) is 20.2. The van der Waals surface area contributed by atoms with E-state index in [0.29, 0.717) is 16.8 Å². The first-order chi connectivity index (χ1) is 9.11. The van der Waals surface area contributed by atoms with E-state index in [2.05, 4.69) is 11.9 Å². The number of aromatic nitrogens is 1. The number of likely N-dealkylation sites (tertiary alicyclic amines) is 1. The summed E-state index contributed by atoms with van der Waals surface area (Å²) in [6.45, 7) is 4.87. The Morgan fingerprint density at radius 2 is 2.21 bits per heavy atom. The third kappa shape index (κ3) is 3.47. The van der Waals surface area contributed by atoms with Crippen molar-refractivity contribution >= 4 is 17.5 Å². The Labute approximate surface area is 120 Å². The number of pyridine rings is 1. The van der Waals surface area contributed by atoms with E-state index in [1.54, 1.807) is 6.07 Å². The summed E-state index contributed by atoms with van der Waals surface area (Å²) < 4.78 is 0. The van der Waals surface area contributed by atoms with Crippen LogP contribution in [0.15, 0.2) is 12.1 Å². The maximum absolute atomic E-state index is 12.7. The number of halogens is 1. The van der Waals surface area contributed by atoms with Crippen LogP contribution in [-0.2, 0) is 0 Å². The third-order valence-corrected chi connectivity index (χ3v) is 3.97. The number of carbonyl (C=O) groups excluding carboxylic acids is 1. The second-order valence-electron chi connectivity index (χ2n) is 5.23. The van der Waals surface area contributed by atoms with Gasteiger partial charge in [0.2, 0.25) is 0 Å². The van der Waals surface area contributed by atoms with E-state index in [4.69, 9.17) is 11.6 Å². The molecule has 0 radical (unpaired) electrons. The smallest absolute Gasteiger partial charge is 0.254 e. The standard InChI is InChI=1S/C15H21ClN2O/c1-3-13-7-5-4-6-8-18(13)15(19)12-9-11(2)17-14(16)10-12/h9-10,13H,3-8H2,1-2H3. The fourth-order valence-corrected chi connectivity index (χ4v) is 3.04. The van der Waals surface area contributed by atoms with Gasteiger partial charge < -0.3 is 4.90 Å². The Hall–Kier alpha value is -1.09. The molecular formula is C15H21ClN2O. The molecule has 1 atom stereocenters. The van der Waals surface area contributed by atoms with Crippen LogP contribution in [0.2, 0.25) is 5.15 Å². The van der Waals surface area contributed by atoms with Gasteiger partial charge in [-0.15, -0.1) is 0 Å². The first-order valence-electron chi connectivity index (χ1n) is 7.07. The topological polar surface area (TPSA) is 33.2 Å². The van der Waals surface area contributed by atoms with E-state index < -0.39 is 0 Å². The number of hydrogen-bond acceptors (Lipinski definition) is 2. The molecule has 4 heteroatoms. The number of aryl methyl sites for hydroxylation is 1. The van der Waals surface area contributed by atoms with Crippen molar-refractivity contribution in [3.8, 4) is 0 Å². The van der Waals surface area contributed by atoms with Gasteiger partial charge in [-0.2, -0.15) is 0 Å². The molecule has 0 aliphatic carbocycles. The lowest BCUT2D eigenvalue weighted by atomic mass is 10.1. The lowest BCUT2D eigenvalue weighted by molar-refractivity contribution is 0.0678. The van der Waals surface area contributed by atoms with Crippen molar-refractivity contribution < 1.29 is 4.79 Å². The zero-order chi connectivity index (χ0) is 13.8. The molecule has 0 N–H and O–H groups in total. The van der Waals surface area contributed by atoms with Crippen molar-refractivity contribution in [2.45, 2.75) is 52.0 Å². The second kappa shape index (κ2) is 6.38. The molecule has 2 rings (SSSR count). The summed E-state index contributed by atoms with van der Waals surface area (Å²) in [6.07, 6.45) is 5.67. The molecule has 1 aliphatic heterocycles. The highest BCUT2D eigenvalue weighted by Gasteiger charge is 2.25. The summed E-state index contributed by atoms with van der Waals surface area (Å²) >= 11 is 5.95. The molecule has 1 unspecified atom stereocenters. The Kier molecular flexibility index (Phi) is 4.81. The van der Waals surface area contributed by atoms with Crippen LogP contribution in [0.4, 0.5) is 0 Å². The van der Waals surface area contributed by atoms with Gasteiger partial charge in [-0.1, -0.05) is 31.4 Å². The lowest BCUT2D eigenvalue weighted by Gasteiger charge is -2.29. The number of amides is 1. The summed E-state index contributed by atoms with van der Waals surface area (Å²) in [7, 11) is 0. The van der Waals surface area contributed by atoms with Crippen LogP contribution < -0.4 is 0 Å². The quantitative estimate of drug-likeness (QED) is 0.771. The Morgan fingerprint density at radius 3 is 2.89 bits per heavy atom. The first kappa shape index (κ1) is 14.3. The molecule has 0 spiro atoms. The molecule has 3 nitrogen and oxygen atoms in total. The third-order valence-electron chi connectivity index (χ3n) is 3.78. The number of rotatable bonds is 2. The molecule has 1 aromatic rings. The van der Waals surface area contributed by atoms with E-state index >= 15 is 0 Å². The minimum Gasteiger partial charge on any atom is -0.336 e.